The van der Waals surface area contributed by atoms with Crippen molar-refractivity contribution in [2.45, 2.75) is 18.0 Å². The Bertz CT molecular complexity index is 516. The zero-order valence-electron chi connectivity index (χ0n) is 10.7. The van der Waals surface area contributed by atoms with E-state index in [2.05, 4.69) is 0 Å². The van der Waals surface area contributed by atoms with E-state index < -0.39 is 22.4 Å². The Labute approximate surface area is 118 Å². The molecule has 0 N–H and O–H groups in total. The van der Waals surface area contributed by atoms with Gasteiger partial charge in [-0.1, -0.05) is 6.07 Å². The van der Waals surface area contributed by atoms with Crippen molar-refractivity contribution in [2.75, 3.05) is 19.3 Å². The van der Waals surface area contributed by atoms with Crippen LogP contribution in [0.1, 0.15) is 11.1 Å². The van der Waals surface area contributed by atoms with E-state index in [4.69, 9.17) is 0 Å². The number of benzene rings is 1. The summed E-state index contributed by atoms with van der Waals surface area (Å²) in [5.74, 6) is 0. The van der Waals surface area contributed by atoms with Crippen molar-refractivity contribution in [1.82, 2.24) is 4.90 Å². The summed E-state index contributed by atoms with van der Waals surface area (Å²) < 4.78 is 38.9. The molecule has 0 amide bonds. The zero-order chi connectivity index (χ0) is 14.9. The Morgan fingerprint density at radius 1 is 1.45 bits per heavy atom. The molecule has 0 spiro atoms. The molecule has 1 heterocycles. The van der Waals surface area contributed by atoms with Crippen molar-refractivity contribution in [2.24, 2.45) is 0 Å². The lowest BCUT2D eigenvalue weighted by atomic mass is 10.0. The fourth-order valence-corrected chi connectivity index (χ4v) is 2.92. The van der Waals surface area contributed by atoms with Crippen LogP contribution in [0.2, 0.25) is 0 Å². The third-order valence-electron chi connectivity index (χ3n) is 3.29. The van der Waals surface area contributed by atoms with Gasteiger partial charge in [-0.05, 0) is 12.3 Å². The molecule has 2 rings (SSSR count). The van der Waals surface area contributed by atoms with Crippen molar-refractivity contribution >= 4 is 17.4 Å². The lowest BCUT2D eigenvalue weighted by Gasteiger charge is -2.38. The quantitative estimate of drug-likeness (QED) is 0.633. The molecule has 20 heavy (non-hydrogen) atoms. The summed E-state index contributed by atoms with van der Waals surface area (Å²) in [6.07, 6.45) is -2.64. The maximum atomic E-state index is 13.0. The first-order valence-electron chi connectivity index (χ1n) is 5.91. The Morgan fingerprint density at radius 3 is 2.60 bits per heavy atom. The fourth-order valence-electron chi connectivity index (χ4n) is 2.20. The van der Waals surface area contributed by atoms with Crippen LogP contribution in [0.3, 0.4) is 0 Å². The van der Waals surface area contributed by atoms with E-state index in [1.807, 2.05) is 6.26 Å². The number of rotatable bonds is 4. The van der Waals surface area contributed by atoms with Crippen molar-refractivity contribution in [1.29, 1.82) is 0 Å². The highest BCUT2D eigenvalue weighted by Crippen LogP contribution is 2.37. The molecule has 0 atom stereocenters. The fraction of sp³-hybridized carbons (Fsp3) is 0.500. The Hall–Kier alpha value is -1.28. The minimum absolute atomic E-state index is 0.0386. The molecule has 0 aliphatic carbocycles. The number of halogens is 3. The number of alkyl halides is 3. The van der Waals surface area contributed by atoms with Gasteiger partial charge in [-0.25, -0.2) is 0 Å². The lowest BCUT2D eigenvalue weighted by Crippen LogP contribution is -2.48. The lowest BCUT2D eigenvalue weighted by molar-refractivity contribution is -0.386. The maximum absolute atomic E-state index is 13.0. The molecule has 4 nitrogen and oxygen atoms in total. The Morgan fingerprint density at radius 2 is 2.10 bits per heavy atom. The average molecular weight is 306 g/mol. The van der Waals surface area contributed by atoms with E-state index in [0.29, 0.717) is 18.3 Å². The van der Waals surface area contributed by atoms with Gasteiger partial charge < -0.3 is 0 Å². The van der Waals surface area contributed by atoms with E-state index in [1.165, 1.54) is 0 Å². The van der Waals surface area contributed by atoms with E-state index in [0.717, 1.165) is 18.2 Å². The molecule has 0 radical (unpaired) electrons. The molecule has 110 valence electrons. The van der Waals surface area contributed by atoms with Crippen molar-refractivity contribution in [3.63, 3.8) is 0 Å². The molecule has 0 bridgehead atoms. The molecular formula is C12H13F3N2O2S. The summed E-state index contributed by atoms with van der Waals surface area (Å²) in [5.41, 5.74) is -1.63. The number of thioether (sulfide) groups is 1. The van der Waals surface area contributed by atoms with Gasteiger partial charge in [-0.2, -0.15) is 24.9 Å². The zero-order valence-corrected chi connectivity index (χ0v) is 11.5. The summed E-state index contributed by atoms with van der Waals surface area (Å²) in [6, 6.07) is 3.09. The number of hydrogen-bond acceptors (Lipinski definition) is 4. The standard InChI is InChI=1S/C12H13F3N2O2S/c1-20-8-5-16(6-8)7-9-10(12(13,14)15)3-2-4-11(9)17(18)19/h2-4,8H,5-7H2,1H3. The van der Waals surface area contributed by atoms with Crippen molar-refractivity contribution < 1.29 is 18.1 Å². The number of nitro groups is 1. The highest BCUT2D eigenvalue weighted by atomic mass is 32.2. The van der Waals surface area contributed by atoms with Gasteiger partial charge in [0.05, 0.1) is 16.1 Å². The van der Waals surface area contributed by atoms with E-state index in [9.17, 15) is 23.3 Å². The SMILES string of the molecule is CSC1CN(Cc2c([N+](=O)[O-])cccc2C(F)(F)F)C1. The van der Waals surface area contributed by atoms with Gasteiger partial charge in [0, 0.05) is 31.0 Å². The first-order chi connectivity index (χ1) is 9.32. The van der Waals surface area contributed by atoms with E-state index in [-0.39, 0.29) is 12.1 Å². The topological polar surface area (TPSA) is 46.4 Å². The summed E-state index contributed by atoms with van der Waals surface area (Å²) in [4.78, 5) is 12.0. The normalized spacial score (nSPS) is 17.0. The van der Waals surface area contributed by atoms with Crippen LogP contribution in [0.4, 0.5) is 18.9 Å². The van der Waals surface area contributed by atoms with Gasteiger partial charge >= 0.3 is 6.18 Å². The smallest absolute Gasteiger partial charge is 0.297 e. The van der Waals surface area contributed by atoms with Crippen molar-refractivity contribution in [3.8, 4) is 0 Å². The molecule has 1 fully saturated rings. The number of likely N-dealkylation sites (tertiary alicyclic amines) is 1. The molecule has 1 saturated heterocycles. The van der Waals surface area contributed by atoms with Crippen LogP contribution in [0.15, 0.2) is 18.2 Å². The molecule has 1 aliphatic rings. The highest BCUT2D eigenvalue weighted by Gasteiger charge is 2.38. The van der Waals surface area contributed by atoms with Gasteiger partial charge in [0.15, 0.2) is 0 Å². The summed E-state index contributed by atoms with van der Waals surface area (Å²) in [7, 11) is 0. The molecule has 1 aliphatic heterocycles. The minimum Gasteiger partial charge on any atom is -0.297 e. The molecule has 1 aromatic rings. The third-order valence-corrected chi connectivity index (χ3v) is 4.26. The van der Waals surface area contributed by atoms with Crippen molar-refractivity contribution in [3.05, 3.63) is 39.4 Å². The Kier molecular flexibility index (Phi) is 4.24. The second kappa shape index (κ2) is 5.61. The first-order valence-corrected chi connectivity index (χ1v) is 7.20. The van der Waals surface area contributed by atoms with Gasteiger partial charge in [-0.15, -0.1) is 0 Å². The monoisotopic (exact) mass is 306 g/mol. The summed E-state index contributed by atoms with van der Waals surface area (Å²) >= 11 is 1.65. The van der Waals surface area contributed by atoms with Crippen LogP contribution < -0.4 is 0 Å². The van der Waals surface area contributed by atoms with Gasteiger partial charge in [0.1, 0.15) is 0 Å². The summed E-state index contributed by atoms with van der Waals surface area (Å²) in [6.45, 7) is 1.28. The Balaban J connectivity index is 2.30. The number of nitro benzene ring substituents is 1. The first kappa shape index (κ1) is 15.1. The molecular weight excluding hydrogens is 293 g/mol. The van der Waals surface area contributed by atoms with Crippen LogP contribution in [-0.4, -0.2) is 34.4 Å². The van der Waals surface area contributed by atoms with Crippen LogP contribution in [0.5, 0.6) is 0 Å². The maximum Gasteiger partial charge on any atom is 0.416 e. The molecule has 0 aromatic heterocycles. The van der Waals surface area contributed by atoms with Gasteiger partial charge in [0.2, 0.25) is 0 Å². The van der Waals surface area contributed by atoms with E-state index >= 15 is 0 Å². The average Bonchev–Trinajstić information content (AvgIpc) is 2.31. The van der Waals surface area contributed by atoms with Gasteiger partial charge in [-0.3, -0.25) is 15.0 Å². The van der Waals surface area contributed by atoms with Crippen LogP contribution in [-0.2, 0) is 12.7 Å². The number of nitrogens with zero attached hydrogens (tertiary/aromatic N) is 2. The second-order valence-electron chi connectivity index (χ2n) is 4.61. The van der Waals surface area contributed by atoms with E-state index in [1.54, 1.807) is 16.7 Å². The summed E-state index contributed by atoms with van der Waals surface area (Å²) in [5, 5.41) is 11.3. The predicted molar refractivity (Wildman–Crippen MR) is 70.7 cm³/mol. The predicted octanol–water partition coefficient (Wildman–Crippen LogP) is 3.16. The molecule has 0 unspecified atom stereocenters. The third kappa shape index (κ3) is 3.06. The number of hydrogen-bond donors (Lipinski definition) is 0. The van der Waals surface area contributed by atoms with Crippen LogP contribution in [0.25, 0.3) is 0 Å². The largest absolute Gasteiger partial charge is 0.416 e. The van der Waals surface area contributed by atoms with Crippen LogP contribution >= 0.6 is 11.8 Å². The highest BCUT2D eigenvalue weighted by molar-refractivity contribution is 7.99. The molecule has 1 aromatic carbocycles. The molecule has 0 saturated carbocycles. The molecule has 8 heteroatoms. The van der Waals surface area contributed by atoms with Gasteiger partial charge in [0.25, 0.3) is 5.69 Å². The minimum atomic E-state index is -4.58. The second-order valence-corrected chi connectivity index (χ2v) is 5.75. The van der Waals surface area contributed by atoms with Crippen LogP contribution in [0, 0.1) is 10.1 Å².